The second-order valence-corrected chi connectivity index (χ2v) is 6.50. The fraction of sp³-hybridized carbons (Fsp3) is 0.211. The molecule has 0 saturated carbocycles. The first kappa shape index (κ1) is 17.9. The lowest BCUT2D eigenvalue weighted by Crippen LogP contribution is -2.25. The molecule has 0 saturated heterocycles. The summed E-state index contributed by atoms with van der Waals surface area (Å²) in [6.45, 7) is 3.55. The van der Waals surface area contributed by atoms with Crippen LogP contribution in [0.1, 0.15) is 29.8 Å². The number of nitrogens with zero attached hydrogens (tertiary/aromatic N) is 1. The second-order valence-electron chi connectivity index (χ2n) is 6.09. The summed E-state index contributed by atoms with van der Waals surface area (Å²) in [5, 5.41) is 5.80. The molecule has 0 atom stereocenters. The molecule has 0 aliphatic carbocycles. The Balaban J connectivity index is 1.79. The van der Waals surface area contributed by atoms with Gasteiger partial charge in [-0.3, -0.25) is 14.4 Å². The molecule has 1 aliphatic heterocycles. The monoisotopic (exact) mass is 371 g/mol. The van der Waals surface area contributed by atoms with Crippen LogP contribution in [0, 0.1) is 0 Å². The Kier molecular flexibility index (Phi) is 4.95. The minimum Gasteiger partial charge on any atom is -0.325 e. The summed E-state index contributed by atoms with van der Waals surface area (Å²) in [7, 11) is 0. The first-order chi connectivity index (χ1) is 12.3. The smallest absolute Gasteiger partial charge is 0.255 e. The van der Waals surface area contributed by atoms with Crippen molar-refractivity contribution < 1.29 is 14.4 Å². The highest BCUT2D eigenvalue weighted by Gasteiger charge is 2.23. The molecular weight excluding hydrogens is 354 g/mol. The summed E-state index contributed by atoms with van der Waals surface area (Å²) >= 11 is 6.04. The van der Waals surface area contributed by atoms with Crippen molar-refractivity contribution >= 4 is 46.4 Å². The van der Waals surface area contributed by atoms with E-state index < -0.39 is 0 Å². The Hall–Kier alpha value is -2.86. The van der Waals surface area contributed by atoms with E-state index in [4.69, 9.17) is 11.6 Å². The maximum atomic E-state index is 12.5. The Morgan fingerprint density at radius 1 is 1.04 bits per heavy atom. The third kappa shape index (κ3) is 3.70. The second kappa shape index (κ2) is 7.17. The molecule has 1 heterocycles. The molecule has 3 rings (SSSR count). The zero-order valence-electron chi connectivity index (χ0n) is 14.4. The molecule has 0 fully saturated rings. The lowest BCUT2D eigenvalue weighted by Gasteiger charge is -2.15. The number of benzene rings is 2. The molecule has 0 unspecified atom stereocenters. The van der Waals surface area contributed by atoms with Crippen molar-refractivity contribution in [3.8, 4) is 0 Å². The van der Waals surface area contributed by atoms with Crippen molar-refractivity contribution in [2.45, 2.75) is 20.3 Å². The summed E-state index contributed by atoms with van der Waals surface area (Å²) in [5.41, 5.74) is 3.29. The molecule has 26 heavy (non-hydrogen) atoms. The molecule has 0 aromatic heterocycles. The van der Waals surface area contributed by atoms with Gasteiger partial charge >= 0.3 is 0 Å². The Morgan fingerprint density at radius 2 is 1.81 bits per heavy atom. The van der Waals surface area contributed by atoms with E-state index >= 15 is 0 Å². The largest absolute Gasteiger partial charge is 0.325 e. The minimum atomic E-state index is -0.273. The van der Waals surface area contributed by atoms with E-state index in [1.165, 1.54) is 13.8 Å². The van der Waals surface area contributed by atoms with Crippen LogP contribution in [-0.4, -0.2) is 24.3 Å². The number of hydrogen-bond donors (Lipinski definition) is 2. The van der Waals surface area contributed by atoms with Gasteiger partial charge < -0.3 is 15.5 Å². The average Bonchev–Trinajstić information content (AvgIpc) is 3.00. The molecule has 0 radical (unpaired) electrons. The summed E-state index contributed by atoms with van der Waals surface area (Å²) in [6.07, 6.45) is 0.726. The Morgan fingerprint density at radius 3 is 2.50 bits per heavy atom. The highest BCUT2D eigenvalue weighted by molar-refractivity contribution is 6.33. The van der Waals surface area contributed by atoms with Crippen molar-refractivity contribution in [3.05, 3.63) is 52.5 Å². The van der Waals surface area contributed by atoms with Crippen LogP contribution in [0.4, 0.5) is 17.1 Å². The van der Waals surface area contributed by atoms with E-state index in [-0.39, 0.29) is 17.7 Å². The lowest BCUT2D eigenvalue weighted by atomic mass is 10.1. The van der Waals surface area contributed by atoms with Crippen LogP contribution in [0.3, 0.4) is 0 Å². The number of nitrogens with one attached hydrogen (secondary N) is 2. The van der Waals surface area contributed by atoms with Gasteiger partial charge in [-0.15, -0.1) is 0 Å². The van der Waals surface area contributed by atoms with E-state index in [2.05, 4.69) is 10.6 Å². The van der Waals surface area contributed by atoms with Crippen molar-refractivity contribution in [3.63, 3.8) is 0 Å². The number of halogens is 1. The maximum absolute atomic E-state index is 12.5. The van der Waals surface area contributed by atoms with E-state index in [9.17, 15) is 14.4 Å². The molecule has 3 amide bonds. The van der Waals surface area contributed by atoms with Gasteiger partial charge in [0.2, 0.25) is 11.8 Å². The summed E-state index contributed by atoms with van der Waals surface area (Å²) in [5.74, 6) is -0.526. The SMILES string of the molecule is CC(=O)Nc1cc(NC(=O)c2ccc3c(c2)CCN3C(C)=O)ccc1Cl. The van der Waals surface area contributed by atoms with Crippen LogP contribution >= 0.6 is 11.6 Å². The highest BCUT2D eigenvalue weighted by atomic mass is 35.5. The zero-order valence-corrected chi connectivity index (χ0v) is 15.2. The molecule has 6 nitrogen and oxygen atoms in total. The Bertz CT molecular complexity index is 911. The number of anilines is 3. The van der Waals surface area contributed by atoms with E-state index in [1.807, 2.05) is 0 Å². The predicted molar refractivity (Wildman–Crippen MR) is 102 cm³/mol. The molecular formula is C19H18ClN3O3. The van der Waals surface area contributed by atoms with Crippen molar-refractivity contribution in [1.82, 2.24) is 0 Å². The number of carbonyl (C=O) groups excluding carboxylic acids is 3. The predicted octanol–water partition coefficient (Wildman–Crippen LogP) is 3.46. The van der Waals surface area contributed by atoms with Crippen molar-refractivity contribution in [2.75, 3.05) is 22.1 Å². The topological polar surface area (TPSA) is 78.5 Å². The van der Waals surface area contributed by atoms with Crippen molar-refractivity contribution in [2.24, 2.45) is 0 Å². The van der Waals surface area contributed by atoms with Gasteiger partial charge in [0.15, 0.2) is 0 Å². The number of rotatable bonds is 3. The molecule has 2 N–H and O–H groups in total. The van der Waals surface area contributed by atoms with Gasteiger partial charge in [-0.05, 0) is 48.4 Å². The fourth-order valence-corrected chi connectivity index (χ4v) is 3.13. The van der Waals surface area contributed by atoms with Crippen LogP contribution in [0.2, 0.25) is 5.02 Å². The van der Waals surface area contributed by atoms with Crippen LogP contribution < -0.4 is 15.5 Å². The zero-order chi connectivity index (χ0) is 18.8. The van der Waals surface area contributed by atoms with Crippen LogP contribution in [0.15, 0.2) is 36.4 Å². The van der Waals surface area contributed by atoms with Gasteiger partial charge in [0.25, 0.3) is 5.91 Å². The molecule has 134 valence electrons. The average molecular weight is 372 g/mol. The summed E-state index contributed by atoms with van der Waals surface area (Å²) < 4.78 is 0. The summed E-state index contributed by atoms with van der Waals surface area (Å²) in [6, 6.07) is 10.2. The maximum Gasteiger partial charge on any atom is 0.255 e. The number of amides is 3. The number of fused-ring (bicyclic) bond motifs is 1. The third-order valence-corrected chi connectivity index (χ3v) is 4.48. The van der Waals surface area contributed by atoms with Gasteiger partial charge in [0, 0.05) is 37.3 Å². The van der Waals surface area contributed by atoms with Crippen LogP contribution in [-0.2, 0) is 16.0 Å². The third-order valence-electron chi connectivity index (χ3n) is 4.15. The van der Waals surface area contributed by atoms with Gasteiger partial charge in [0.1, 0.15) is 0 Å². The molecule has 1 aliphatic rings. The molecule has 2 aromatic carbocycles. The molecule has 7 heteroatoms. The first-order valence-electron chi connectivity index (χ1n) is 8.14. The van der Waals surface area contributed by atoms with Crippen LogP contribution in [0.25, 0.3) is 0 Å². The highest BCUT2D eigenvalue weighted by Crippen LogP contribution is 2.30. The van der Waals surface area contributed by atoms with E-state index in [1.54, 1.807) is 41.3 Å². The quantitative estimate of drug-likeness (QED) is 0.867. The van der Waals surface area contributed by atoms with E-state index in [0.29, 0.717) is 28.5 Å². The molecule has 2 aromatic rings. The standard InChI is InChI=1S/C19H18ClN3O3/c1-11(24)21-17-10-15(4-5-16(17)20)22-19(26)14-3-6-18-13(9-14)7-8-23(18)12(2)25/h3-6,9-10H,7-8H2,1-2H3,(H,21,24)(H,22,26). The lowest BCUT2D eigenvalue weighted by molar-refractivity contribution is -0.116. The summed E-state index contributed by atoms with van der Waals surface area (Å²) in [4.78, 5) is 37.1. The van der Waals surface area contributed by atoms with E-state index in [0.717, 1.165) is 17.7 Å². The molecule has 0 bridgehead atoms. The Labute approximate surface area is 156 Å². The minimum absolute atomic E-state index is 0.00684. The first-order valence-corrected chi connectivity index (χ1v) is 8.52. The van der Waals surface area contributed by atoms with Gasteiger partial charge in [-0.2, -0.15) is 0 Å². The van der Waals surface area contributed by atoms with Crippen molar-refractivity contribution in [1.29, 1.82) is 0 Å². The van der Waals surface area contributed by atoms with Gasteiger partial charge in [-0.1, -0.05) is 11.6 Å². The fourth-order valence-electron chi connectivity index (χ4n) is 2.96. The van der Waals surface area contributed by atoms with Crippen LogP contribution in [0.5, 0.6) is 0 Å². The number of hydrogen-bond acceptors (Lipinski definition) is 3. The number of carbonyl (C=O) groups is 3. The molecule has 0 spiro atoms. The van der Waals surface area contributed by atoms with Gasteiger partial charge in [-0.25, -0.2) is 0 Å². The normalized spacial score (nSPS) is 12.5. The van der Waals surface area contributed by atoms with Gasteiger partial charge in [0.05, 0.1) is 10.7 Å².